The number of rotatable bonds is 8. The van der Waals surface area contributed by atoms with Gasteiger partial charge in [-0.05, 0) is 44.5 Å². The minimum absolute atomic E-state index is 0.0366. The van der Waals surface area contributed by atoms with E-state index >= 15 is 0 Å². The van der Waals surface area contributed by atoms with Crippen LogP contribution in [0.5, 0.6) is 11.5 Å². The number of carbonyl (C=O) groups excluding carboxylic acids is 2. The molecule has 150 valence electrons. The summed E-state index contributed by atoms with van der Waals surface area (Å²) in [6, 6.07) is 10.8. The molecule has 2 rings (SSSR count). The second-order valence-electron chi connectivity index (χ2n) is 6.33. The summed E-state index contributed by atoms with van der Waals surface area (Å²) in [7, 11) is 1.48. The van der Waals surface area contributed by atoms with Crippen molar-refractivity contribution in [2.45, 2.75) is 33.3 Å². The number of nitrogens with one attached hydrogen (secondary N) is 1. The molecule has 2 aromatic rings. The first kappa shape index (κ1) is 21.6. The molecule has 0 saturated carbocycles. The van der Waals surface area contributed by atoms with E-state index in [2.05, 4.69) is 5.32 Å². The Bertz CT molecular complexity index is 835. The molecule has 1 N–H and O–H groups in total. The number of halogens is 1. The minimum atomic E-state index is -0.965. The highest BCUT2D eigenvalue weighted by Gasteiger charge is 2.20. The summed E-state index contributed by atoms with van der Waals surface area (Å²) in [4.78, 5) is 24.3. The molecule has 7 heteroatoms. The van der Waals surface area contributed by atoms with E-state index in [1.54, 1.807) is 12.1 Å². The van der Waals surface area contributed by atoms with Crippen molar-refractivity contribution in [3.8, 4) is 11.5 Å². The fourth-order valence-corrected chi connectivity index (χ4v) is 2.51. The van der Waals surface area contributed by atoms with Crippen molar-refractivity contribution < 1.29 is 23.8 Å². The fourth-order valence-electron chi connectivity index (χ4n) is 2.36. The van der Waals surface area contributed by atoms with Crippen molar-refractivity contribution >= 4 is 29.2 Å². The highest BCUT2D eigenvalue weighted by molar-refractivity contribution is 6.31. The van der Waals surface area contributed by atoms with Gasteiger partial charge in [-0.25, -0.2) is 0 Å². The highest BCUT2D eigenvalue weighted by atomic mass is 35.5. The van der Waals surface area contributed by atoms with E-state index in [0.717, 1.165) is 11.1 Å². The summed E-state index contributed by atoms with van der Waals surface area (Å²) in [5, 5.41) is 3.22. The van der Waals surface area contributed by atoms with Gasteiger partial charge in [-0.2, -0.15) is 0 Å². The molecule has 6 nitrogen and oxygen atoms in total. The number of benzene rings is 2. The minimum Gasteiger partial charge on any atom is -0.495 e. The third kappa shape index (κ3) is 6.16. The van der Waals surface area contributed by atoms with Crippen LogP contribution in [0.15, 0.2) is 36.4 Å². The SMILES string of the molecule is COc1cc(Cl)c(C)cc1NC(=O)[C@H](C)OC(=O)CCOc1ccc(C)cc1. The normalized spacial score (nSPS) is 11.5. The lowest BCUT2D eigenvalue weighted by Crippen LogP contribution is -2.30. The number of ether oxygens (including phenoxy) is 3. The Morgan fingerprint density at radius 2 is 1.82 bits per heavy atom. The molecule has 0 aliphatic heterocycles. The van der Waals surface area contributed by atoms with Crippen molar-refractivity contribution in [1.29, 1.82) is 0 Å². The average Bonchev–Trinajstić information content (AvgIpc) is 2.66. The van der Waals surface area contributed by atoms with E-state index in [4.69, 9.17) is 25.8 Å². The molecule has 0 bridgehead atoms. The van der Waals surface area contributed by atoms with Gasteiger partial charge in [0.1, 0.15) is 11.5 Å². The van der Waals surface area contributed by atoms with Gasteiger partial charge in [-0.3, -0.25) is 9.59 Å². The zero-order chi connectivity index (χ0) is 20.7. The zero-order valence-corrected chi connectivity index (χ0v) is 17.1. The maximum atomic E-state index is 12.3. The molecule has 28 heavy (non-hydrogen) atoms. The van der Waals surface area contributed by atoms with Crippen LogP contribution in [0, 0.1) is 13.8 Å². The van der Waals surface area contributed by atoms with Crippen LogP contribution in [0.4, 0.5) is 5.69 Å². The van der Waals surface area contributed by atoms with E-state index in [-0.39, 0.29) is 13.0 Å². The van der Waals surface area contributed by atoms with E-state index in [9.17, 15) is 9.59 Å². The summed E-state index contributed by atoms with van der Waals surface area (Å²) in [6.07, 6.45) is -0.929. The first-order valence-electron chi connectivity index (χ1n) is 8.84. The number of carbonyl (C=O) groups is 2. The quantitative estimate of drug-likeness (QED) is 0.662. The molecular formula is C21H24ClNO5. The van der Waals surface area contributed by atoms with Crippen molar-refractivity contribution in [3.05, 3.63) is 52.5 Å². The Balaban J connectivity index is 1.83. The molecule has 0 aliphatic carbocycles. The van der Waals surface area contributed by atoms with Gasteiger partial charge in [-0.1, -0.05) is 29.3 Å². The van der Waals surface area contributed by atoms with Crippen LogP contribution < -0.4 is 14.8 Å². The van der Waals surface area contributed by atoms with Gasteiger partial charge in [0.25, 0.3) is 5.91 Å². The summed E-state index contributed by atoms with van der Waals surface area (Å²) in [5.41, 5.74) is 2.37. The molecule has 0 radical (unpaired) electrons. The Hall–Kier alpha value is -2.73. The van der Waals surface area contributed by atoms with Crippen LogP contribution >= 0.6 is 11.6 Å². The van der Waals surface area contributed by atoms with Crippen molar-refractivity contribution in [1.82, 2.24) is 0 Å². The third-order valence-electron chi connectivity index (χ3n) is 4.01. The Morgan fingerprint density at radius 3 is 2.46 bits per heavy atom. The molecule has 0 fully saturated rings. The molecule has 0 unspecified atom stereocenters. The summed E-state index contributed by atoms with van der Waals surface area (Å²) < 4.78 is 15.9. The van der Waals surface area contributed by atoms with Crippen molar-refractivity contribution in [2.75, 3.05) is 19.0 Å². The molecule has 0 spiro atoms. The van der Waals surface area contributed by atoms with Crippen LogP contribution in [0.2, 0.25) is 5.02 Å². The van der Waals surface area contributed by atoms with E-state index in [1.165, 1.54) is 14.0 Å². The van der Waals surface area contributed by atoms with Crippen LogP contribution in [-0.2, 0) is 14.3 Å². The topological polar surface area (TPSA) is 73.9 Å². The lowest BCUT2D eigenvalue weighted by Gasteiger charge is -2.16. The molecule has 1 atom stereocenters. The predicted molar refractivity (Wildman–Crippen MR) is 108 cm³/mol. The fraction of sp³-hybridized carbons (Fsp3) is 0.333. The summed E-state index contributed by atoms with van der Waals surface area (Å²) in [5.74, 6) is 0.116. The zero-order valence-electron chi connectivity index (χ0n) is 16.4. The van der Waals surface area contributed by atoms with E-state index in [1.807, 2.05) is 38.1 Å². The largest absolute Gasteiger partial charge is 0.495 e. The maximum Gasteiger partial charge on any atom is 0.310 e. The summed E-state index contributed by atoms with van der Waals surface area (Å²) >= 11 is 6.06. The number of anilines is 1. The van der Waals surface area contributed by atoms with Gasteiger partial charge < -0.3 is 19.5 Å². The molecule has 2 aromatic carbocycles. The third-order valence-corrected chi connectivity index (χ3v) is 4.42. The van der Waals surface area contributed by atoms with Crippen LogP contribution in [0.3, 0.4) is 0 Å². The molecule has 0 aliphatic rings. The molecule has 0 heterocycles. The van der Waals surface area contributed by atoms with Gasteiger partial charge in [0.15, 0.2) is 6.10 Å². The van der Waals surface area contributed by atoms with Gasteiger partial charge in [0.2, 0.25) is 0 Å². The first-order valence-corrected chi connectivity index (χ1v) is 9.22. The lowest BCUT2D eigenvalue weighted by molar-refractivity contribution is -0.153. The Kier molecular flexibility index (Phi) is 7.70. The summed E-state index contributed by atoms with van der Waals surface area (Å²) in [6.45, 7) is 5.47. The second-order valence-corrected chi connectivity index (χ2v) is 6.74. The van der Waals surface area contributed by atoms with E-state index < -0.39 is 18.0 Å². The van der Waals surface area contributed by atoms with Crippen LogP contribution in [0.1, 0.15) is 24.5 Å². The van der Waals surface area contributed by atoms with Crippen LogP contribution in [0.25, 0.3) is 0 Å². The number of hydrogen-bond donors (Lipinski definition) is 1. The lowest BCUT2D eigenvalue weighted by atomic mass is 10.2. The van der Waals surface area contributed by atoms with Gasteiger partial charge in [-0.15, -0.1) is 0 Å². The second kappa shape index (κ2) is 9.99. The standard InChI is InChI=1S/C21H24ClNO5/c1-13-5-7-16(8-6-13)27-10-9-20(24)28-15(3)21(25)23-18-11-14(2)17(22)12-19(18)26-4/h5-8,11-12,15H,9-10H2,1-4H3,(H,23,25)/t15-/m0/s1. The van der Waals surface area contributed by atoms with E-state index in [0.29, 0.717) is 22.2 Å². The van der Waals surface area contributed by atoms with Gasteiger partial charge in [0, 0.05) is 11.1 Å². The first-order chi connectivity index (χ1) is 13.3. The molecular weight excluding hydrogens is 382 g/mol. The Labute approximate surface area is 169 Å². The Morgan fingerprint density at radius 1 is 1.14 bits per heavy atom. The smallest absolute Gasteiger partial charge is 0.310 e. The van der Waals surface area contributed by atoms with Crippen molar-refractivity contribution in [3.63, 3.8) is 0 Å². The number of hydrogen-bond acceptors (Lipinski definition) is 5. The number of esters is 1. The van der Waals surface area contributed by atoms with Gasteiger partial charge >= 0.3 is 5.97 Å². The number of methoxy groups -OCH3 is 1. The molecule has 0 aromatic heterocycles. The highest BCUT2D eigenvalue weighted by Crippen LogP contribution is 2.31. The van der Waals surface area contributed by atoms with Crippen molar-refractivity contribution in [2.24, 2.45) is 0 Å². The number of aryl methyl sites for hydroxylation is 2. The number of amides is 1. The maximum absolute atomic E-state index is 12.3. The molecule has 0 saturated heterocycles. The van der Waals surface area contributed by atoms with Crippen LogP contribution in [-0.4, -0.2) is 31.7 Å². The monoisotopic (exact) mass is 405 g/mol. The predicted octanol–water partition coefficient (Wildman–Crippen LogP) is 4.30. The average molecular weight is 406 g/mol. The molecule has 1 amide bonds. The van der Waals surface area contributed by atoms with Gasteiger partial charge in [0.05, 0.1) is 25.8 Å².